The van der Waals surface area contributed by atoms with Crippen LogP contribution in [0.5, 0.6) is 0 Å². The van der Waals surface area contributed by atoms with Crippen LogP contribution in [0.2, 0.25) is 0 Å². The van der Waals surface area contributed by atoms with Crippen LogP contribution < -0.4 is 11.2 Å². The van der Waals surface area contributed by atoms with E-state index >= 15 is 0 Å². The van der Waals surface area contributed by atoms with Crippen LogP contribution in [0.15, 0.2) is 21.9 Å². The molecule has 0 radical (unpaired) electrons. The number of rotatable bonds is 15. The molecular weight excluding hydrogens is 438 g/mol. The van der Waals surface area contributed by atoms with E-state index in [1.807, 2.05) is 13.8 Å². The summed E-state index contributed by atoms with van der Waals surface area (Å²) in [4.78, 5) is 24.8. The molecule has 1 aliphatic heterocycles. The monoisotopic (exact) mass is 476 g/mol. The third kappa shape index (κ3) is 6.26. The number of nitrogens with zero attached hydrogens (tertiary/aromatic N) is 2. The fourth-order valence-corrected chi connectivity index (χ4v) is 3.93. The van der Waals surface area contributed by atoms with E-state index in [-0.39, 0.29) is 6.61 Å². The Morgan fingerprint density at radius 3 is 2.41 bits per heavy atom. The molecule has 5 atom stereocenters. The van der Waals surface area contributed by atoms with Crippen molar-refractivity contribution in [3.63, 3.8) is 0 Å². The van der Waals surface area contributed by atoms with Crippen LogP contribution in [-0.2, 0) is 18.9 Å². The van der Waals surface area contributed by atoms with E-state index in [1.165, 1.54) is 16.8 Å². The van der Waals surface area contributed by atoms with Crippen molar-refractivity contribution in [3.8, 4) is 0 Å². The van der Waals surface area contributed by atoms with Crippen LogP contribution in [0.3, 0.4) is 0 Å². The van der Waals surface area contributed by atoms with Gasteiger partial charge < -0.3 is 18.9 Å². The van der Waals surface area contributed by atoms with E-state index in [9.17, 15) is 14.0 Å². The smallest absolute Gasteiger partial charge is 0.336 e. The lowest BCUT2D eigenvalue weighted by Crippen LogP contribution is -2.54. The van der Waals surface area contributed by atoms with Crippen molar-refractivity contribution in [1.29, 1.82) is 0 Å². The average Bonchev–Trinajstić information content (AvgIpc) is 3.09. The minimum atomic E-state index is -1.53. The van der Waals surface area contributed by atoms with Crippen LogP contribution >= 0.6 is 9.39 Å². The third-order valence-corrected chi connectivity index (χ3v) is 6.11. The summed E-state index contributed by atoms with van der Waals surface area (Å²) in [5, 5.41) is 0. The largest absolute Gasteiger partial charge is 0.379 e. The van der Waals surface area contributed by atoms with Gasteiger partial charge in [0.25, 0.3) is 5.56 Å². The molecule has 32 heavy (non-hydrogen) atoms. The predicted octanol–water partition coefficient (Wildman–Crippen LogP) is 3.07. The highest BCUT2D eigenvalue weighted by Gasteiger charge is 2.60. The second-order valence-electron chi connectivity index (χ2n) is 8.10. The molecule has 0 saturated carbocycles. The summed E-state index contributed by atoms with van der Waals surface area (Å²) in [5.41, 5.74) is -2.65. The number of hydrogen-bond donors (Lipinski definition) is 0. The summed E-state index contributed by atoms with van der Waals surface area (Å²) >= 11 is 0. The van der Waals surface area contributed by atoms with Crippen LogP contribution in [0.4, 0.5) is 4.39 Å². The van der Waals surface area contributed by atoms with Gasteiger partial charge in [-0.2, -0.15) is 0 Å². The first kappa shape index (κ1) is 27.1. The maximum Gasteiger partial charge on any atom is 0.336 e. The lowest BCUT2D eigenvalue weighted by atomic mass is 9.94. The zero-order valence-corrected chi connectivity index (χ0v) is 20.6. The molecule has 2 rings (SSSR count). The normalized spacial score (nSPS) is 25.5. The Kier molecular flexibility index (Phi) is 11.5. The molecule has 2 heterocycles. The summed E-state index contributed by atoms with van der Waals surface area (Å²) in [6.07, 6.45) is 4.05. The van der Waals surface area contributed by atoms with Crippen LogP contribution in [0.1, 0.15) is 65.5 Å². The number of aromatic nitrogens is 2. The number of halogens is 1. The molecule has 1 aromatic rings. The van der Waals surface area contributed by atoms with Gasteiger partial charge in [0.1, 0.15) is 18.9 Å². The van der Waals surface area contributed by atoms with E-state index in [0.717, 1.165) is 42.9 Å². The topological polar surface area (TPSA) is 80.9 Å². The zero-order valence-electron chi connectivity index (χ0n) is 19.5. The van der Waals surface area contributed by atoms with Crippen LogP contribution in [0.25, 0.3) is 0 Å². The summed E-state index contributed by atoms with van der Waals surface area (Å²) in [5.74, 6) is 0. The molecule has 0 amide bonds. The van der Waals surface area contributed by atoms with Crippen molar-refractivity contribution >= 4 is 9.39 Å². The maximum absolute atomic E-state index is 14.9. The van der Waals surface area contributed by atoms with Gasteiger partial charge in [-0.3, -0.25) is 9.36 Å². The lowest BCUT2D eigenvalue weighted by Gasteiger charge is -2.36. The maximum atomic E-state index is 14.9. The van der Waals surface area contributed by atoms with Gasteiger partial charge >= 0.3 is 5.69 Å². The molecule has 1 aliphatic rings. The number of unbranched alkanes of at least 4 members (excludes halogenated alkanes) is 3. The minimum Gasteiger partial charge on any atom is -0.379 e. The Bertz CT molecular complexity index is 803. The molecular formula is C22H38FN2O6P. The van der Waals surface area contributed by atoms with Crippen molar-refractivity contribution in [1.82, 2.24) is 8.90 Å². The first-order valence-corrected chi connectivity index (χ1v) is 12.1. The standard InChI is InChI=1S/C22H38FN2O6P/c1-4-7-12-28-15-17-19(29-13-8-5-2)22(16-23,30-14-9-6-3)20(31-17)24-11-10-18(26)25(32)21(24)27/h10-11,17,19-20H,4-9,12-16,32H2,1-3H3/t17-,19-,20-,22-/m1/s1. The molecule has 1 fully saturated rings. The Morgan fingerprint density at radius 1 is 1.09 bits per heavy atom. The van der Waals surface area contributed by atoms with E-state index in [2.05, 4.69) is 16.3 Å². The summed E-state index contributed by atoms with van der Waals surface area (Å²) in [6, 6.07) is 1.24. The van der Waals surface area contributed by atoms with Gasteiger partial charge in [0.05, 0.1) is 6.61 Å². The highest BCUT2D eigenvalue weighted by molar-refractivity contribution is 7.14. The van der Waals surface area contributed by atoms with Gasteiger partial charge in [0.2, 0.25) is 0 Å². The SMILES string of the molecule is CCCCOC[C@H]1O[C@@H](n2ccc(=O)n(P)c2=O)[C@](CF)(OCCCC)[C@@H]1OCCCC. The highest BCUT2D eigenvalue weighted by atomic mass is 31.0. The van der Waals surface area contributed by atoms with E-state index in [0.29, 0.717) is 19.8 Å². The summed E-state index contributed by atoms with van der Waals surface area (Å²) < 4.78 is 41.3. The van der Waals surface area contributed by atoms with Gasteiger partial charge in [-0.25, -0.2) is 13.5 Å². The molecule has 0 bridgehead atoms. The van der Waals surface area contributed by atoms with E-state index in [4.69, 9.17) is 18.9 Å². The molecule has 1 unspecified atom stereocenters. The Labute approximate surface area is 191 Å². The molecule has 0 aliphatic carbocycles. The van der Waals surface area contributed by atoms with Gasteiger partial charge in [-0.1, -0.05) is 40.0 Å². The third-order valence-electron chi connectivity index (χ3n) is 5.63. The second-order valence-corrected chi connectivity index (χ2v) is 8.62. The Morgan fingerprint density at radius 2 is 1.75 bits per heavy atom. The quantitative estimate of drug-likeness (QED) is 0.286. The molecule has 0 aromatic carbocycles. The van der Waals surface area contributed by atoms with E-state index < -0.39 is 42.0 Å². The number of alkyl halides is 1. The Balaban J connectivity index is 2.46. The van der Waals surface area contributed by atoms with Gasteiger partial charge in [0, 0.05) is 32.1 Å². The van der Waals surface area contributed by atoms with E-state index in [1.54, 1.807) is 0 Å². The molecule has 10 heteroatoms. The zero-order chi connectivity index (χ0) is 23.6. The molecule has 0 spiro atoms. The van der Waals surface area contributed by atoms with Crippen molar-refractivity contribution in [2.75, 3.05) is 33.1 Å². The first-order chi connectivity index (χ1) is 15.5. The Hall–Kier alpha value is -1.12. The second kappa shape index (κ2) is 13.6. The van der Waals surface area contributed by atoms with Crippen LogP contribution in [0, 0.1) is 0 Å². The van der Waals surface area contributed by atoms with Crippen molar-refractivity contribution in [3.05, 3.63) is 33.1 Å². The van der Waals surface area contributed by atoms with Crippen molar-refractivity contribution in [2.24, 2.45) is 0 Å². The molecule has 0 N–H and O–H groups in total. The van der Waals surface area contributed by atoms with Gasteiger partial charge in [-0.05, 0) is 28.7 Å². The minimum absolute atomic E-state index is 0.196. The average molecular weight is 477 g/mol. The lowest BCUT2D eigenvalue weighted by molar-refractivity contribution is -0.172. The van der Waals surface area contributed by atoms with Crippen molar-refractivity contribution in [2.45, 2.75) is 83.3 Å². The fraction of sp³-hybridized carbons (Fsp3) is 0.818. The summed E-state index contributed by atoms with van der Waals surface area (Å²) in [6.45, 7) is 6.69. The van der Waals surface area contributed by atoms with Crippen LogP contribution in [-0.4, -0.2) is 59.8 Å². The number of hydrogen-bond acceptors (Lipinski definition) is 6. The summed E-state index contributed by atoms with van der Waals surface area (Å²) in [7, 11) is 2.09. The first-order valence-electron chi connectivity index (χ1n) is 11.6. The molecule has 1 saturated heterocycles. The molecule has 184 valence electrons. The molecule has 1 aromatic heterocycles. The van der Waals surface area contributed by atoms with Gasteiger partial charge in [0.15, 0.2) is 11.8 Å². The van der Waals surface area contributed by atoms with Gasteiger partial charge in [-0.15, -0.1) is 0 Å². The molecule has 8 nitrogen and oxygen atoms in total. The van der Waals surface area contributed by atoms with Crippen molar-refractivity contribution < 1.29 is 23.3 Å². The fourth-order valence-electron chi connectivity index (χ4n) is 3.71. The predicted molar refractivity (Wildman–Crippen MR) is 124 cm³/mol. The highest BCUT2D eigenvalue weighted by Crippen LogP contribution is 2.43. The number of ether oxygens (including phenoxy) is 4.